The molecule has 0 fully saturated rings. The fraction of sp³-hybridized carbons (Fsp3) is 0.188. The summed E-state index contributed by atoms with van der Waals surface area (Å²) in [5, 5.41) is 10.6. The molecule has 2 aromatic heterocycles. The maximum atomic E-state index is 12.3. The molecular weight excluding hydrogens is 264 g/mol. The molecule has 0 spiro atoms. The van der Waals surface area contributed by atoms with Gasteiger partial charge in [-0.15, -0.1) is 0 Å². The zero-order valence-electron chi connectivity index (χ0n) is 12.2. The summed E-state index contributed by atoms with van der Waals surface area (Å²) in [6, 6.07) is 9.43. The van der Waals surface area contributed by atoms with Crippen LogP contribution in [0.1, 0.15) is 27.2 Å². The van der Waals surface area contributed by atoms with Gasteiger partial charge in [-0.2, -0.15) is 5.10 Å². The van der Waals surface area contributed by atoms with Crippen LogP contribution >= 0.6 is 0 Å². The fourth-order valence-corrected chi connectivity index (χ4v) is 2.16. The Kier molecular flexibility index (Phi) is 3.17. The Morgan fingerprint density at radius 2 is 1.90 bits per heavy atom. The molecule has 1 aromatic carbocycles. The van der Waals surface area contributed by atoms with Crippen LogP contribution in [-0.4, -0.2) is 21.1 Å². The Balaban J connectivity index is 1.91. The molecular formula is C16H16N4O. The molecule has 0 aliphatic carbocycles. The second-order valence-corrected chi connectivity index (χ2v) is 5.17. The number of carbonyl (C=O) groups is 1. The van der Waals surface area contributed by atoms with Gasteiger partial charge in [0.2, 0.25) is 0 Å². The quantitative estimate of drug-likeness (QED) is 0.757. The standard InChI is InChI=1S/C16H16N4O/c1-9-4-6-12(8-10(9)2)16(21)18-15-13-7-5-11(3)17-14(13)19-20-15/h4-8H,1-3H3,(H2,17,18,19,20,21). The smallest absolute Gasteiger partial charge is 0.256 e. The van der Waals surface area contributed by atoms with E-state index in [9.17, 15) is 4.79 Å². The number of rotatable bonds is 2. The largest absolute Gasteiger partial charge is 0.305 e. The zero-order valence-corrected chi connectivity index (χ0v) is 12.2. The van der Waals surface area contributed by atoms with E-state index >= 15 is 0 Å². The Morgan fingerprint density at radius 1 is 1.10 bits per heavy atom. The number of nitrogens with one attached hydrogen (secondary N) is 2. The molecule has 21 heavy (non-hydrogen) atoms. The van der Waals surface area contributed by atoms with Crippen molar-refractivity contribution in [1.29, 1.82) is 0 Å². The highest BCUT2D eigenvalue weighted by molar-refractivity contribution is 6.07. The molecule has 5 heteroatoms. The second kappa shape index (κ2) is 5.01. The molecule has 0 aliphatic heterocycles. The fourth-order valence-electron chi connectivity index (χ4n) is 2.16. The van der Waals surface area contributed by atoms with Gasteiger partial charge < -0.3 is 5.32 Å². The van der Waals surface area contributed by atoms with Crippen LogP contribution in [0.25, 0.3) is 11.0 Å². The normalized spacial score (nSPS) is 10.8. The molecule has 0 bridgehead atoms. The van der Waals surface area contributed by atoms with Gasteiger partial charge in [-0.3, -0.25) is 9.89 Å². The first-order chi connectivity index (χ1) is 10.0. The van der Waals surface area contributed by atoms with E-state index in [1.165, 1.54) is 0 Å². The van der Waals surface area contributed by atoms with Crippen molar-refractivity contribution >= 4 is 22.8 Å². The van der Waals surface area contributed by atoms with Crippen LogP contribution in [0, 0.1) is 20.8 Å². The van der Waals surface area contributed by atoms with Crippen LogP contribution in [0.3, 0.4) is 0 Å². The maximum absolute atomic E-state index is 12.3. The van der Waals surface area contributed by atoms with Crippen LogP contribution in [0.4, 0.5) is 5.82 Å². The van der Waals surface area contributed by atoms with E-state index in [0.29, 0.717) is 17.0 Å². The number of pyridine rings is 1. The lowest BCUT2D eigenvalue weighted by Gasteiger charge is -2.05. The molecule has 106 valence electrons. The predicted octanol–water partition coefficient (Wildman–Crippen LogP) is 3.14. The molecule has 5 nitrogen and oxygen atoms in total. The summed E-state index contributed by atoms with van der Waals surface area (Å²) in [6.45, 7) is 5.92. The molecule has 0 aliphatic rings. The van der Waals surface area contributed by atoms with Gasteiger partial charge in [-0.05, 0) is 56.2 Å². The van der Waals surface area contributed by atoms with E-state index in [1.807, 2.05) is 51.1 Å². The first kappa shape index (κ1) is 13.3. The lowest BCUT2D eigenvalue weighted by Crippen LogP contribution is -2.12. The minimum Gasteiger partial charge on any atom is -0.305 e. The number of fused-ring (bicyclic) bond motifs is 1. The van der Waals surface area contributed by atoms with Gasteiger partial charge in [0.1, 0.15) is 0 Å². The molecule has 0 unspecified atom stereocenters. The van der Waals surface area contributed by atoms with E-state index in [0.717, 1.165) is 22.2 Å². The summed E-state index contributed by atoms with van der Waals surface area (Å²) in [7, 11) is 0. The number of hydrogen-bond acceptors (Lipinski definition) is 3. The van der Waals surface area contributed by atoms with Crippen molar-refractivity contribution in [2.45, 2.75) is 20.8 Å². The van der Waals surface area contributed by atoms with E-state index in [4.69, 9.17) is 0 Å². The molecule has 2 N–H and O–H groups in total. The van der Waals surface area contributed by atoms with E-state index in [2.05, 4.69) is 20.5 Å². The highest BCUT2D eigenvalue weighted by atomic mass is 16.1. The minimum absolute atomic E-state index is 0.174. The van der Waals surface area contributed by atoms with Crippen LogP contribution in [0.2, 0.25) is 0 Å². The second-order valence-electron chi connectivity index (χ2n) is 5.17. The lowest BCUT2D eigenvalue weighted by atomic mass is 10.1. The number of anilines is 1. The molecule has 3 aromatic rings. The number of benzene rings is 1. The van der Waals surface area contributed by atoms with Gasteiger partial charge in [0.25, 0.3) is 5.91 Å². The maximum Gasteiger partial charge on any atom is 0.256 e. The number of aromatic nitrogens is 3. The van der Waals surface area contributed by atoms with Crippen LogP contribution in [0.5, 0.6) is 0 Å². The lowest BCUT2D eigenvalue weighted by molar-refractivity contribution is 0.102. The van der Waals surface area contributed by atoms with Crippen molar-refractivity contribution in [3.8, 4) is 0 Å². The van der Waals surface area contributed by atoms with Crippen molar-refractivity contribution < 1.29 is 4.79 Å². The third kappa shape index (κ3) is 2.50. The van der Waals surface area contributed by atoms with Crippen molar-refractivity contribution in [2.24, 2.45) is 0 Å². The van der Waals surface area contributed by atoms with Crippen molar-refractivity contribution in [3.63, 3.8) is 0 Å². The third-order valence-corrected chi connectivity index (χ3v) is 3.56. The Bertz CT molecular complexity index is 835. The van der Waals surface area contributed by atoms with E-state index in [-0.39, 0.29) is 5.91 Å². The molecule has 0 atom stereocenters. The van der Waals surface area contributed by atoms with Gasteiger partial charge in [0.15, 0.2) is 11.5 Å². The highest BCUT2D eigenvalue weighted by Crippen LogP contribution is 2.20. The first-order valence-corrected chi connectivity index (χ1v) is 6.75. The van der Waals surface area contributed by atoms with Gasteiger partial charge in [-0.1, -0.05) is 6.07 Å². The first-order valence-electron chi connectivity index (χ1n) is 6.75. The number of H-pyrrole nitrogens is 1. The van der Waals surface area contributed by atoms with Crippen molar-refractivity contribution in [3.05, 3.63) is 52.7 Å². The predicted molar refractivity (Wildman–Crippen MR) is 82.5 cm³/mol. The van der Waals surface area contributed by atoms with Gasteiger partial charge in [0.05, 0.1) is 5.39 Å². The molecule has 0 radical (unpaired) electrons. The molecule has 2 heterocycles. The Labute approximate surface area is 122 Å². The summed E-state index contributed by atoms with van der Waals surface area (Å²) in [5.74, 6) is 0.327. The average molecular weight is 280 g/mol. The number of aromatic amines is 1. The average Bonchev–Trinajstić information content (AvgIpc) is 2.84. The summed E-state index contributed by atoms with van der Waals surface area (Å²) in [5.41, 5.74) is 4.45. The van der Waals surface area contributed by atoms with Crippen LogP contribution in [0.15, 0.2) is 30.3 Å². The van der Waals surface area contributed by atoms with E-state index in [1.54, 1.807) is 0 Å². The van der Waals surface area contributed by atoms with Gasteiger partial charge in [0, 0.05) is 11.3 Å². The van der Waals surface area contributed by atoms with Crippen LogP contribution in [-0.2, 0) is 0 Å². The zero-order chi connectivity index (χ0) is 15.0. The topological polar surface area (TPSA) is 70.7 Å². The summed E-state index contributed by atoms with van der Waals surface area (Å²) in [4.78, 5) is 16.6. The van der Waals surface area contributed by atoms with Gasteiger partial charge in [-0.25, -0.2) is 4.98 Å². The number of carbonyl (C=O) groups excluding carboxylic acids is 1. The number of hydrogen-bond donors (Lipinski definition) is 2. The Hall–Kier alpha value is -2.69. The molecule has 3 rings (SSSR count). The molecule has 0 saturated carbocycles. The third-order valence-electron chi connectivity index (χ3n) is 3.56. The van der Waals surface area contributed by atoms with Gasteiger partial charge >= 0.3 is 0 Å². The number of nitrogens with zero attached hydrogens (tertiary/aromatic N) is 2. The molecule has 0 saturated heterocycles. The van der Waals surface area contributed by atoms with Crippen molar-refractivity contribution in [1.82, 2.24) is 15.2 Å². The summed E-state index contributed by atoms with van der Waals surface area (Å²) in [6.07, 6.45) is 0. The highest BCUT2D eigenvalue weighted by Gasteiger charge is 2.12. The van der Waals surface area contributed by atoms with E-state index < -0.39 is 0 Å². The summed E-state index contributed by atoms with van der Waals surface area (Å²) >= 11 is 0. The summed E-state index contributed by atoms with van der Waals surface area (Å²) < 4.78 is 0. The monoisotopic (exact) mass is 280 g/mol. The number of amides is 1. The molecule has 1 amide bonds. The van der Waals surface area contributed by atoms with Crippen LogP contribution < -0.4 is 5.32 Å². The van der Waals surface area contributed by atoms with Crippen molar-refractivity contribution in [2.75, 3.05) is 5.32 Å². The Morgan fingerprint density at radius 3 is 2.67 bits per heavy atom. The minimum atomic E-state index is -0.174. The number of aryl methyl sites for hydroxylation is 3. The SMILES string of the molecule is Cc1ccc2c(NC(=O)c3ccc(C)c(C)c3)n[nH]c2n1.